The fourth-order valence-electron chi connectivity index (χ4n) is 0.565. The monoisotopic (exact) mass is 202 g/mol. The zero-order chi connectivity index (χ0) is 10.8. The minimum absolute atomic E-state index is 0.297. The van der Waals surface area contributed by atoms with Gasteiger partial charge < -0.3 is 9.47 Å². The number of ether oxygens (including phenoxy) is 2. The molecule has 0 rings (SSSR count). The highest BCUT2D eigenvalue weighted by Crippen LogP contribution is 1.77. The van der Waals surface area contributed by atoms with Crippen LogP contribution in [0.5, 0.6) is 0 Å². The van der Waals surface area contributed by atoms with Gasteiger partial charge in [-0.3, -0.25) is 10.6 Å². The van der Waals surface area contributed by atoms with Crippen LogP contribution in [0.3, 0.4) is 0 Å². The predicted molar refractivity (Wildman–Crippen MR) is 49.5 cm³/mol. The summed E-state index contributed by atoms with van der Waals surface area (Å²) in [6, 6.07) is 0. The van der Waals surface area contributed by atoms with E-state index in [1.807, 2.05) is 0 Å². The standard InChI is InChI=1S/C8H14N2O4/c1-3-13-7(11)9-5-6-10-8(12)14-4-2/h5-6H,3-4H2,1-2H3,(H,9,11)(H,10,12)/b6-5-. The quantitative estimate of drug-likeness (QED) is 0.711. The van der Waals surface area contributed by atoms with Crippen LogP contribution in [-0.2, 0) is 9.47 Å². The maximum absolute atomic E-state index is 10.7. The first-order valence-corrected chi connectivity index (χ1v) is 4.22. The Morgan fingerprint density at radius 1 is 1.00 bits per heavy atom. The second-order valence-electron chi connectivity index (χ2n) is 2.06. The fraction of sp³-hybridized carbons (Fsp3) is 0.500. The summed E-state index contributed by atoms with van der Waals surface area (Å²) in [5.74, 6) is 0. The number of rotatable bonds is 4. The Labute approximate surface area is 82.3 Å². The molecule has 0 aromatic carbocycles. The molecule has 0 bridgehead atoms. The summed E-state index contributed by atoms with van der Waals surface area (Å²) in [6.07, 6.45) is 1.34. The average Bonchev–Trinajstić information content (AvgIpc) is 2.13. The molecular formula is C8H14N2O4. The number of carbonyl (C=O) groups is 2. The number of hydrogen-bond donors (Lipinski definition) is 2. The lowest BCUT2D eigenvalue weighted by Crippen LogP contribution is -2.22. The minimum atomic E-state index is -0.575. The van der Waals surface area contributed by atoms with Crippen LogP contribution in [0.15, 0.2) is 12.4 Å². The van der Waals surface area contributed by atoms with Gasteiger partial charge in [0.25, 0.3) is 0 Å². The molecule has 2 N–H and O–H groups in total. The molecule has 0 radical (unpaired) electrons. The lowest BCUT2D eigenvalue weighted by molar-refractivity contribution is 0.154. The molecule has 0 aromatic rings. The van der Waals surface area contributed by atoms with E-state index in [9.17, 15) is 9.59 Å². The van der Waals surface area contributed by atoms with Crippen molar-refractivity contribution < 1.29 is 19.1 Å². The largest absolute Gasteiger partial charge is 0.450 e. The lowest BCUT2D eigenvalue weighted by Gasteiger charge is -2.00. The van der Waals surface area contributed by atoms with Gasteiger partial charge in [0.1, 0.15) is 0 Å². The molecule has 80 valence electrons. The van der Waals surface area contributed by atoms with Crippen LogP contribution >= 0.6 is 0 Å². The van der Waals surface area contributed by atoms with Crippen molar-refractivity contribution in [2.24, 2.45) is 0 Å². The molecule has 0 saturated carbocycles. The molecule has 0 aliphatic carbocycles. The molecule has 2 amide bonds. The first-order valence-electron chi connectivity index (χ1n) is 4.22. The normalized spacial score (nSPS) is 9.57. The Balaban J connectivity index is 3.53. The number of carbonyl (C=O) groups excluding carboxylic acids is 2. The maximum Gasteiger partial charge on any atom is 0.411 e. The maximum atomic E-state index is 10.7. The van der Waals surface area contributed by atoms with Crippen LogP contribution < -0.4 is 10.6 Å². The van der Waals surface area contributed by atoms with Gasteiger partial charge in [-0.25, -0.2) is 9.59 Å². The molecule has 6 nitrogen and oxygen atoms in total. The van der Waals surface area contributed by atoms with Crippen molar-refractivity contribution in [3.05, 3.63) is 12.4 Å². The Bertz CT molecular complexity index is 193. The topological polar surface area (TPSA) is 76.7 Å². The van der Waals surface area contributed by atoms with Crippen LogP contribution in [0.25, 0.3) is 0 Å². The summed E-state index contributed by atoms with van der Waals surface area (Å²) in [5.41, 5.74) is 0. The van der Waals surface area contributed by atoms with Gasteiger partial charge in [0.05, 0.1) is 13.2 Å². The van der Waals surface area contributed by atoms with Crippen molar-refractivity contribution in [2.45, 2.75) is 13.8 Å². The Morgan fingerprint density at radius 3 is 1.64 bits per heavy atom. The number of nitrogens with one attached hydrogen (secondary N) is 2. The zero-order valence-electron chi connectivity index (χ0n) is 8.20. The average molecular weight is 202 g/mol. The molecule has 0 aromatic heterocycles. The summed E-state index contributed by atoms with van der Waals surface area (Å²) in [7, 11) is 0. The van der Waals surface area contributed by atoms with Gasteiger partial charge in [-0.1, -0.05) is 0 Å². The lowest BCUT2D eigenvalue weighted by atomic mass is 10.8. The van der Waals surface area contributed by atoms with E-state index >= 15 is 0 Å². The van der Waals surface area contributed by atoms with Crippen LogP contribution in [0.1, 0.15) is 13.8 Å². The minimum Gasteiger partial charge on any atom is -0.450 e. The molecule has 0 atom stereocenters. The molecular weight excluding hydrogens is 188 g/mol. The third kappa shape index (κ3) is 6.96. The van der Waals surface area contributed by atoms with Gasteiger partial charge in [0.2, 0.25) is 0 Å². The van der Waals surface area contributed by atoms with Gasteiger partial charge in [0.15, 0.2) is 0 Å². The molecule has 0 spiro atoms. The van der Waals surface area contributed by atoms with E-state index in [0.29, 0.717) is 13.2 Å². The van der Waals surface area contributed by atoms with E-state index in [4.69, 9.17) is 0 Å². The van der Waals surface area contributed by atoms with Crippen molar-refractivity contribution >= 4 is 12.2 Å². The zero-order valence-corrected chi connectivity index (χ0v) is 8.20. The van der Waals surface area contributed by atoms with Crippen molar-refractivity contribution in [1.29, 1.82) is 0 Å². The molecule has 0 fully saturated rings. The van der Waals surface area contributed by atoms with Crippen molar-refractivity contribution in [3.8, 4) is 0 Å². The van der Waals surface area contributed by atoms with E-state index in [1.54, 1.807) is 13.8 Å². The Kier molecular flexibility index (Phi) is 6.93. The molecule has 0 aliphatic heterocycles. The summed E-state index contributed by atoms with van der Waals surface area (Å²) in [6.45, 7) is 3.98. The van der Waals surface area contributed by atoms with Crippen LogP contribution in [0.4, 0.5) is 9.59 Å². The van der Waals surface area contributed by atoms with Gasteiger partial charge >= 0.3 is 12.2 Å². The van der Waals surface area contributed by atoms with Crippen molar-refractivity contribution in [3.63, 3.8) is 0 Å². The smallest absolute Gasteiger partial charge is 0.411 e. The van der Waals surface area contributed by atoms with Gasteiger partial charge in [0, 0.05) is 12.4 Å². The Hall–Kier alpha value is -1.72. The first kappa shape index (κ1) is 12.3. The van der Waals surface area contributed by atoms with E-state index in [-0.39, 0.29) is 0 Å². The Morgan fingerprint density at radius 2 is 1.36 bits per heavy atom. The summed E-state index contributed by atoms with van der Waals surface area (Å²) < 4.78 is 9.10. The third-order valence-electron chi connectivity index (χ3n) is 1.04. The summed E-state index contributed by atoms with van der Waals surface area (Å²) in [5, 5.41) is 4.54. The highest BCUT2D eigenvalue weighted by Gasteiger charge is 1.96. The second-order valence-corrected chi connectivity index (χ2v) is 2.06. The summed E-state index contributed by atoms with van der Waals surface area (Å²) in [4.78, 5) is 21.4. The molecule has 0 aliphatic rings. The fourth-order valence-corrected chi connectivity index (χ4v) is 0.565. The van der Waals surface area contributed by atoms with Crippen LogP contribution in [0, 0.1) is 0 Å². The molecule has 0 heterocycles. The number of hydrogen-bond acceptors (Lipinski definition) is 4. The molecule has 0 saturated heterocycles. The highest BCUT2D eigenvalue weighted by atomic mass is 16.6. The first-order chi connectivity index (χ1) is 6.70. The van der Waals surface area contributed by atoms with Gasteiger partial charge in [-0.05, 0) is 13.8 Å². The van der Waals surface area contributed by atoms with Crippen molar-refractivity contribution in [1.82, 2.24) is 10.6 Å². The highest BCUT2D eigenvalue weighted by molar-refractivity contribution is 5.69. The third-order valence-corrected chi connectivity index (χ3v) is 1.04. The van der Waals surface area contributed by atoms with E-state index in [2.05, 4.69) is 20.1 Å². The summed E-state index contributed by atoms with van der Waals surface area (Å²) >= 11 is 0. The molecule has 6 heteroatoms. The SMILES string of the molecule is CCOC(=O)N/C=C\NC(=O)OCC. The van der Waals surface area contributed by atoms with Crippen LogP contribution in [0.2, 0.25) is 0 Å². The van der Waals surface area contributed by atoms with E-state index < -0.39 is 12.2 Å². The number of alkyl carbamates (subject to hydrolysis) is 2. The van der Waals surface area contributed by atoms with E-state index in [1.165, 1.54) is 12.4 Å². The molecule has 14 heavy (non-hydrogen) atoms. The van der Waals surface area contributed by atoms with Crippen LogP contribution in [-0.4, -0.2) is 25.4 Å². The molecule has 0 unspecified atom stereocenters. The van der Waals surface area contributed by atoms with Gasteiger partial charge in [-0.2, -0.15) is 0 Å². The van der Waals surface area contributed by atoms with Gasteiger partial charge in [-0.15, -0.1) is 0 Å². The van der Waals surface area contributed by atoms with Crippen molar-refractivity contribution in [2.75, 3.05) is 13.2 Å². The predicted octanol–water partition coefficient (Wildman–Crippen LogP) is 0.950. The second kappa shape index (κ2) is 7.90. The number of amides is 2. The van der Waals surface area contributed by atoms with E-state index in [0.717, 1.165) is 0 Å².